The normalized spacial score (nSPS) is 12.0. The van der Waals surface area contributed by atoms with E-state index >= 15 is 0 Å². The average Bonchev–Trinajstić information content (AvgIpc) is 2.69. The molecule has 2 rings (SSSR count). The van der Waals surface area contributed by atoms with Gasteiger partial charge in [-0.25, -0.2) is 21.6 Å². The second-order valence-corrected chi connectivity index (χ2v) is 10.3. The number of sulfone groups is 1. The van der Waals surface area contributed by atoms with E-state index in [-0.39, 0.29) is 29.4 Å². The first kappa shape index (κ1) is 23.3. The molecule has 0 aromatic heterocycles. The monoisotopic (exact) mass is 441 g/mol. The minimum atomic E-state index is -3.71. The third kappa shape index (κ3) is 8.53. The van der Waals surface area contributed by atoms with Crippen LogP contribution in [-0.4, -0.2) is 49.0 Å². The van der Waals surface area contributed by atoms with Gasteiger partial charge in [-0.3, -0.25) is 0 Å². The number of hydrogen-bond acceptors (Lipinski definition) is 6. The van der Waals surface area contributed by atoms with Gasteiger partial charge in [-0.1, -0.05) is 30.3 Å². The molecular weight excluding hydrogens is 414 g/mol. The molecule has 0 spiro atoms. The highest BCUT2D eigenvalue weighted by Gasteiger charge is 2.15. The fraction of sp³-hybridized carbons (Fsp3) is 0.400. The maximum absolute atomic E-state index is 12.3. The van der Waals surface area contributed by atoms with Gasteiger partial charge in [0.15, 0.2) is 9.84 Å². The zero-order valence-electron chi connectivity index (χ0n) is 16.4. The zero-order valence-corrected chi connectivity index (χ0v) is 18.0. The van der Waals surface area contributed by atoms with Crippen molar-refractivity contribution in [2.45, 2.75) is 24.0 Å². The Morgan fingerprint density at radius 3 is 2.24 bits per heavy atom. The molecule has 0 fully saturated rings. The molecule has 29 heavy (non-hydrogen) atoms. The van der Waals surface area contributed by atoms with E-state index in [4.69, 9.17) is 9.47 Å². The number of rotatable bonds is 13. The highest BCUT2D eigenvalue weighted by molar-refractivity contribution is 7.90. The number of ether oxygens (including phenoxy) is 2. The van der Waals surface area contributed by atoms with Crippen molar-refractivity contribution in [3.8, 4) is 5.75 Å². The van der Waals surface area contributed by atoms with Crippen LogP contribution < -0.4 is 9.46 Å². The van der Waals surface area contributed by atoms with Gasteiger partial charge in [0, 0.05) is 13.2 Å². The molecule has 1 N–H and O–H groups in total. The largest absolute Gasteiger partial charge is 0.491 e. The Labute approximate surface area is 173 Å². The van der Waals surface area contributed by atoms with Crippen LogP contribution in [0.25, 0.3) is 0 Å². The average molecular weight is 442 g/mol. The first-order chi connectivity index (χ1) is 13.8. The Kier molecular flexibility index (Phi) is 9.09. The first-order valence-electron chi connectivity index (χ1n) is 9.37. The second kappa shape index (κ2) is 11.3. The van der Waals surface area contributed by atoms with Crippen molar-refractivity contribution in [1.29, 1.82) is 0 Å². The highest BCUT2D eigenvalue weighted by Crippen LogP contribution is 2.16. The molecule has 0 bridgehead atoms. The molecular formula is C20H27NO6S2. The van der Waals surface area contributed by atoms with Gasteiger partial charge in [-0.2, -0.15) is 0 Å². The molecule has 2 aromatic carbocycles. The number of sulfonamides is 1. The van der Waals surface area contributed by atoms with Crippen molar-refractivity contribution >= 4 is 19.9 Å². The molecule has 0 heterocycles. The lowest BCUT2D eigenvalue weighted by atomic mass is 10.2. The van der Waals surface area contributed by atoms with Crippen LogP contribution in [0.3, 0.4) is 0 Å². The molecule has 0 saturated carbocycles. The quantitative estimate of drug-likeness (QED) is 0.479. The molecule has 9 heteroatoms. The summed E-state index contributed by atoms with van der Waals surface area (Å²) in [4.78, 5) is 0.0989. The summed E-state index contributed by atoms with van der Waals surface area (Å²) in [6.07, 6.45) is 0.201. The molecule has 0 saturated heterocycles. The van der Waals surface area contributed by atoms with Crippen LogP contribution >= 0.6 is 0 Å². The van der Waals surface area contributed by atoms with E-state index in [2.05, 4.69) is 4.72 Å². The molecule has 2 aromatic rings. The molecule has 0 radical (unpaired) electrons. The summed E-state index contributed by atoms with van der Waals surface area (Å²) < 4.78 is 62.1. The molecule has 0 atom stereocenters. The summed E-state index contributed by atoms with van der Waals surface area (Å²) >= 11 is 0. The van der Waals surface area contributed by atoms with Gasteiger partial charge in [-0.05, 0) is 43.2 Å². The molecule has 160 valence electrons. The number of hydrogen-bond donors (Lipinski definition) is 1. The van der Waals surface area contributed by atoms with Gasteiger partial charge in [0.25, 0.3) is 0 Å². The summed E-state index contributed by atoms with van der Waals surface area (Å²) in [7, 11) is -7.01. The molecule has 7 nitrogen and oxygen atoms in total. The van der Waals surface area contributed by atoms with Crippen LogP contribution in [-0.2, 0) is 30.4 Å². The van der Waals surface area contributed by atoms with E-state index in [9.17, 15) is 16.8 Å². The van der Waals surface area contributed by atoms with Crippen molar-refractivity contribution in [3.05, 3.63) is 60.2 Å². The van der Waals surface area contributed by atoms with Crippen molar-refractivity contribution in [2.75, 3.05) is 32.1 Å². The molecule has 0 aliphatic heterocycles. The fourth-order valence-corrected chi connectivity index (χ4v) is 5.06. The minimum absolute atomic E-state index is 0.0446. The van der Waals surface area contributed by atoms with Crippen molar-refractivity contribution in [3.63, 3.8) is 0 Å². The van der Waals surface area contributed by atoms with E-state index in [1.807, 2.05) is 13.0 Å². The van der Waals surface area contributed by atoms with Crippen LogP contribution in [0.5, 0.6) is 5.75 Å². The van der Waals surface area contributed by atoms with Gasteiger partial charge in [0.1, 0.15) is 12.4 Å². The van der Waals surface area contributed by atoms with Crippen LogP contribution in [0.1, 0.15) is 18.9 Å². The third-order valence-corrected chi connectivity index (χ3v) is 7.15. The Morgan fingerprint density at radius 2 is 1.59 bits per heavy atom. The Bertz CT molecular complexity index is 942. The lowest BCUT2D eigenvalue weighted by Gasteiger charge is -2.09. The smallest absolute Gasteiger partial charge is 0.240 e. The van der Waals surface area contributed by atoms with Gasteiger partial charge in [0.2, 0.25) is 10.0 Å². The molecule has 0 aliphatic rings. The van der Waals surface area contributed by atoms with Crippen molar-refractivity contribution in [2.24, 2.45) is 0 Å². The summed E-state index contributed by atoms with van der Waals surface area (Å²) in [5.41, 5.74) is 0.719. The van der Waals surface area contributed by atoms with E-state index in [0.717, 1.165) is 5.56 Å². The fourth-order valence-electron chi connectivity index (χ4n) is 2.56. The number of benzene rings is 2. The minimum Gasteiger partial charge on any atom is -0.491 e. The highest BCUT2D eigenvalue weighted by atomic mass is 32.2. The first-order valence-corrected chi connectivity index (χ1v) is 12.7. The van der Waals surface area contributed by atoms with E-state index < -0.39 is 19.9 Å². The summed E-state index contributed by atoms with van der Waals surface area (Å²) in [6.45, 7) is 3.40. The predicted molar refractivity (Wildman–Crippen MR) is 112 cm³/mol. The van der Waals surface area contributed by atoms with E-state index in [1.54, 1.807) is 36.4 Å². The summed E-state index contributed by atoms with van der Waals surface area (Å²) in [5.74, 6) is 0.415. The molecule has 0 unspecified atom stereocenters. The zero-order chi connectivity index (χ0) is 21.2. The van der Waals surface area contributed by atoms with Gasteiger partial charge in [0.05, 0.1) is 23.0 Å². The Hall–Kier alpha value is -1.94. The maximum atomic E-state index is 12.3. The van der Waals surface area contributed by atoms with Crippen molar-refractivity contribution < 1.29 is 26.3 Å². The van der Waals surface area contributed by atoms with Crippen LogP contribution in [0.15, 0.2) is 59.5 Å². The lowest BCUT2D eigenvalue weighted by Crippen LogP contribution is -2.26. The maximum Gasteiger partial charge on any atom is 0.240 e. The second-order valence-electron chi connectivity index (χ2n) is 6.35. The van der Waals surface area contributed by atoms with Crippen LogP contribution in [0.4, 0.5) is 0 Å². The third-order valence-electron chi connectivity index (χ3n) is 3.99. The SMILES string of the molecule is CCOCCOc1ccc(S(=O)(=O)NCCCS(=O)(=O)Cc2ccccc2)cc1. The lowest BCUT2D eigenvalue weighted by molar-refractivity contribution is 0.110. The van der Waals surface area contributed by atoms with Gasteiger partial charge in [-0.15, -0.1) is 0 Å². The predicted octanol–water partition coefficient (Wildman–Crippen LogP) is 2.39. The van der Waals surface area contributed by atoms with E-state index in [0.29, 0.717) is 25.6 Å². The topological polar surface area (TPSA) is 98.8 Å². The summed E-state index contributed by atoms with van der Waals surface area (Å²) in [5, 5.41) is 0. The Balaban J connectivity index is 1.79. The summed E-state index contributed by atoms with van der Waals surface area (Å²) in [6, 6.07) is 15.0. The van der Waals surface area contributed by atoms with Gasteiger partial charge < -0.3 is 9.47 Å². The molecule has 0 aliphatic carbocycles. The molecule has 0 amide bonds. The standard InChI is InChI=1S/C20H27NO6S2/c1-2-26-14-15-27-19-9-11-20(12-10-19)29(24,25)21-13-6-16-28(22,23)17-18-7-4-3-5-8-18/h3-5,7-12,21H,2,6,13-17H2,1H3. The van der Waals surface area contributed by atoms with E-state index in [1.165, 1.54) is 12.1 Å². The van der Waals surface area contributed by atoms with Crippen LogP contribution in [0.2, 0.25) is 0 Å². The van der Waals surface area contributed by atoms with Crippen LogP contribution in [0, 0.1) is 0 Å². The van der Waals surface area contributed by atoms with Gasteiger partial charge >= 0.3 is 0 Å². The Morgan fingerprint density at radius 1 is 0.897 bits per heavy atom. The van der Waals surface area contributed by atoms with Crippen molar-refractivity contribution in [1.82, 2.24) is 4.72 Å². The number of nitrogens with one attached hydrogen (secondary N) is 1.